The van der Waals surface area contributed by atoms with E-state index < -0.39 is 5.91 Å². The van der Waals surface area contributed by atoms with Gasteiger partial charge in [0, 0.05) is 0 Å². The number of benzene rings is 1. The molecule has 1 amide bonds. The minimum Gasteiger partial charge on any atom is -0.397 e. The number of nitrogens with one attached hydrogen (secondary N) is 1. The lowest BCUT2D eigenvalue weighted by atomic mass is 10.2. The lowest BCUT2D eigenvalue weighted by Gasteiger charge is -2.05. The fourth-order valence-corrected chi connectivity index (χ4v) is 2.66. The van der Waals surface area contributed by atoms with Crippen LogP contribution in [0.25, 0.3) is 10.2 Å². The van der Waals surface area contributed by atoms with Crippen molar-refractivity contribution in [3.05, 3.63) is 42.1 Å². The van der Waals surface area contributed by atoms with Gasteiger partial charge >= 0.3 is 0 Å². The van der Waals surface area contributed by atoms with E-state index in [0.717, 1.165) is 10.2 Å². The van der Waals surface area contributed by atoms with Crippen LogP contribution in [0.2, 0.25) is 0 Å². The molecule has 0 aliphatic rings. The second-order valence-corrected chi connectivity index (χ2v) is 5.16. The summed E-state index contributed by atoms with van der Waals surface area (Å²) in [5.74, 6) is -0.107. The molecular formula is C13H11N5OS. The van der Waals surface area contributed by atoms with Crippen LogP contribution in [-0.4, -0.2) is 15.9 Å². The molecular weight excluding hydrogens is 274 g/mol. The summed E-state index contributed by atoms with van der Waals surface area (Å²) in [6, 6.07) is 9.32. The summed E-state index contributed by atoms with van der Waals surface area (Å²) in [6.45, 7) is 0. The zero-order chi connectivity index (χ0) is 14.1. The van der Waals surface area contributed by atoms with Crippen LogP contribution in [0.4, 0.5) is 16.6 Å². The largest absolute Gasteiger partial charge is 0.397 e. The summed E-state index contributed by atoms with van der Waals surface area (Å²) in [5.41, 5.74) is 12.3. The highest BCUT2D eigenvalue weighted by atomic mass is 32.1. The molecule has 0 unspecified atom stereocenters. The van der Waals surface area contributed by atoms with Gasteiger partial charge in [-0.3, -0.25) is 4.79 Å². The Morgan fingerprint density at radius 2 is 2.10 bits per heavy atom. The molecule has 1 aromatic carbocycles. The SMILES string of the molecule is NC(=O)c1cc(Nc2nc3ccccc3s2)ncc1N. The minimum atomic E-state index is -0.586. The van der Waals surface area contributed by atoms with Crippen molar-refractivity contribution in [2.24, 2.45) is 5.73 Å². The molecule has 3 rings (SSSR count). The zero-order valence-corrected chi connectivity index (χ0v) is 11.1. The van der Waals surface area contributed by atoms with Crippen LogP contribution >= 0.6 is 11.3 Å². The first kappa shape index (κ1) is 12.4. The van der Waals surface area contributed by atoms with E-state index in [1.54, 1.807) is 0 Å². The van der Waals surface area contributed by atoms with Crippen LogP contribution in [0, 0.1) is 0 Å². The standard InChI is InChI=1S/C13H11N5OS/c14-8-6-16-11(5-7(8)12(15)19)18-13-17-9-3-1-2-4-10(9)20-13/h1-6H,14H2,(H2,15,19)(H,16,17,18). The molecule has 7 heteroatoms. The number of anilines is 3. The molecule has 0 atom stereocenters. The van der Waals surface area contributed by atoms with E-state index in [0.29, 0.717) is 10.9 Å². The number of rotatable bonds is 3. The summed E-state index contributed by atoms with van der Waals surface area (Å²) in [7, 11) is 0. The smallest absolute Gasteiger partial charge is 0.250 e. The molecule has 0 fully saturated rings. The van der Waals surface area contributed by atoms with Gasteiger partial charge in [0.05, 0.1) is 27.7 Å². The second-order valence-electron chi connectivity index (χ2n) is 4.13. The molecule has 0 saturated carbocycles. The number of nitrogens with zero attached hydrogens (tertiary/aromatic N) is 2. The molecule has 0 spiro atoms. The topological polar surface area (TPSA) is 107 Å². The average Bonchev–Trinajstić information content (AvgIpc) is 2.82. The van der Waals surface area contributed by atoms with Crippen molar-refractivity contribution in [1.29, 1.82) is 0 Å². The number of amides is 1. The number of aromatic nitrogens is 2. The Labute approximate surface area is 118 Å². The van der Waals surface area contributed by atoms with Crippen molar-refractivity contribution in [2.45, 2.75) is 0 Å². The van der Waals surface area contributed by atoms with Crippen molar-refractivity contribution in [2.75, 3.05) is 11.1 Å². The number of primary amides is 1. The van der Waals surface area contributed by atoms with E-state index in [-0.39, 0.29) is 11.3 Å². The number of para-hydroxylation sites is 1. The molecule has 0 bridgehead atoms. The fourth-order valence-electron chi connectivity index (χ4n) is 1.78. The number of carbonyl (C=O) groups is 1. The van der Waals surface area contributed by atoms with Gasteiger partial charge in [0.25, 0.3) is 5.91 Å². The third-order valence-electron chi connectivity index (χ3n) is 2.73. The monoisotopic (exact) mass is 285 g/mol. The Morgan fingerprint density at radius 3 is 2.85 bits per heavy atom. The molecule has 20 heavy (non-hydrogen) atoms. The highest BCUT2D eigenvalue weighted by molar-refractivity contribution is 7.22. The van der Waals surface area contributed by atoms with Crippen LogP contribution < -0.4 is 16.8 Å². The van der Waals surface area contributed by atoms with Gasteiger partial charge in [-0.2, -0.15) is 0 Å². The number of nitrogens with two attached hydrogens (primary N) is 2. The third-order valence-corrected chi connectivity index (χ3v) is 3.68. The number of nitrogen functional groups attached to an aromatic ring is 1. The van der Waals surface area contributed by atoms with E-state index >= 15 is 0 Å². The zero-order valence-electron chi connectivity index (χ0n) is 10.3. The first-order chi connectivity index (χ1) is 9.63. The predicted molar refractivity (Wildman–Crippen MR) is 80.1 cm³/mol. The predicted octanol–water partition coefficient (Wildman–Crippen LogP) is 2.12. The Bertz CT molecular complexity index is 765. The quantitative estimate of drug-likeness (QED) is 0.683. The number of fused-ring (bicyclic) bond motifs is 1. The molecule has 5 N–H and O–H groups in total. The fraction of sp³-hybridized carbons (Fsp3) is 0. The van der Waals surface area contributed by atoms with Crippen molar-refractivity contribution < 1.29 is 4.79 Å². The number of carbonyl (C=O) groups excluding carboxylic acids is 1. The van der Waals surface area contributed by atoms with Crippen molar-refractivity contribution in [3.8, 4) is 0 Å². The van der Waals surface area contributed by atoms with E-state index in [4.69, 9.17) is 11.5 Å². The number of pyridine rings is 1. The van der Waals surface area contributed by atoms with Crippen LogP contribution in [0.3, 0.4) is 0 Å². The number of hydrogen-bond donors (Lipinski definition) is 3. The van der Waals surface area contributed by atoms with Gasteiger partial charge in [-0.15, -0.1) is 0 Å². The van der Waals surface area contributed by atoms with Crippen molar-refractivity contribution in [1.82, 2.24) is 9.97 Å². The summed E-state index contributed by atoms with van der Waals surface area (Å²) in [4.78, 5) is 19.8. The first-order valence-corrected chi connectivity index (χ1v) is 6.63. The maximum absolute atomic E-state index is 11.2. The van der Waals surface area contributed by atoms with Gasteiger partial charge in [0.2, 0.25) is 0 Å². The summed E-state index contributed by atoms with van der Waals surface area (Å²) in [6.07, 6.45) is 1.40. The van der Waals surface area contributed by atoms with Crippen molar-refractivity contribution >= 4 is 44.1 Å². The lowest BCUT2D eigenvalue weighted by Crippen LogP contribution is -2.14. The normalized spacial score (nSPS) is 10.6. The first-order valence-electron chi connectivity index (χ1n) is 5.81. The molecule has 100 valence electrons. The van der Waals surface area contributed by atoms with E-state index in [1.165, 1.54) is 23.6 Å². The Morgan fingerprint density at radius 1 is 1.30 bits per heavy atom. The maximum Gasteiger partial charge on any atom is 0.250 e. The van der Waals surface area contributed by atoms with E-state index in [1.807, 2.05) is 24.3 Å². The summed E-state index contributed by atoms with van der Waals surface area (Å²) < 4.78 is 1.07. The van der Waals surface area contributed by atoms with Gasteiger partial charge < -0.3 is 16.8 Å². The number of thiazole rings is 1. The minimum absolute atomic E-state index is 0.239. The maximum atomic E-state index is 11.2. The van der Waals surface area contributed by atoms with Gasteiger partial charge in [0.15, 0.2) is 5.13 Å². The molecule has 6 nitrogen and oxygen atoms in total. The molecule has 3 aromatic rings. The molecule has 0 aliphatic carbocycles. The van der Waals surface area contributed by atoms with Gasteiger partial charge in [-0.25, -0.2) is 9.97 Å². The molecule has 0 saturated heterocycles. The van der Waals surface area contributed by atoms with Crippen LogP contribution in [-0.2, 0) is 0 Å². The van der Waals surface area contributed by atoms with Gasteiger partial charge in [-0.1, -0.05) is 23.5 Å². The van der Waals surface area contributed by atoms with E-state index in [9.17, 15) is 4.79 Å². The van der Waals surface area contributed by atoms with Crippen molar-refractivity contribution in [3.63, 3.8) is 0 Å². The van der Waals surface area contributed by atoms with Crippen LogP contribution in [0.5, 0.6) is 0 Å². The number of hydrogen-bond acceptors (Lipinski definition) is 6. The van der Waals surface area contributed by atoms with Crippen LogP contribution in [0.1, 0.15) is 10.4 Å². The highest BCUT2D eigenvalue weighted by Crippen LogP contribution is 2.28. The molecule has 0 radical (unpaired) electrons. The molecule has 2 heterocycles. The lowest BCUT2D eigenvalue weighted by molar-refractivity contribution is 0.100. The molecule has 0 aliphatic heterocycles. The molecule has 2 aromatic heterocycles. The highest BCUT2D eigenvalue weighted by Gasteiger charge is 2.09. The summed E-state index contributed by atoms with van der Waals surface area (Å²) in [5, 5.41) is 3.74. The van der Waals surface area contributed by atoms with Crippen LogP contribution in [0.15, 0.2) is 36.5 Å². The Kier molecular flexibility index (Phi) is 2.96. The summed E-state index contributed by atoms with van der Waals surface area (Å²) >= 11 is 1.50. The third kappa shape index (κ3) is 2.26. The van der Waals surface area contributed by atoms with E-state index in [2.05, 4.69) is 15.3 Å². The Balaban J connectivity index is 1.94. The average molecular weight is 285 g/mol. The van der Waals surface area contributed by atoms with Gasteiger partial charge in [-0.05, 0) is 18.2 Å². The Hall–Kier alpha value is -2.67. The second kappa shape index (κ2) is 4.78. The van der Waals surface area contributed by atoms with Gasteiger partial charge in [0.1, 0.15) is 5.82 Å².